The van der Waals surface area contributed by atoms with Crippen molar-refractivity contribution in [1.82, 2.24) is 19.2 Å². The Labute approximate surface area is 186 Å². The van der Waals surface area contributed by atoms with Gasteiger partial charge in [-0.25, -0.2) is 22.2 Å². The summed E-state index contributed by atoms with van der Waals surface area (Å²) in [5.41, 5.74) is 0.701. The van der Waals surface area contributed by atoms with E-state index in [1.165, 1.54) is 35.3 Å². The van der Waals surface area contributed by atoms with Gasteiger partial charge in [0.15, 0.2) is 0 Å². The second-order valence-electron chi connectivity index (χ2n) is 8.96. The molecule has 2 aromatic rings. The molecule has 3 fully saturated rings. The van der Waals surface area contributed by atoms with Crippen molar-refractivity contribution in [2.75, 3.05) is 26.2 Å². The molecule has 1 aliphatic carbocycles. The van der Waals surface area contributed by atoms with Crippen molar-refractivity contribution < 1.29 is 21.9 Å². The van der Waals surface area contributed by atoms with E-state index in [0.717, 1.165) is 18.7 Å². The van der Waals surface area contributed by atoms with Crippen LogP contribution in [0.4, 0.5) is 8.78 Å². The monoisotopic (exact) mass is 464 g/mol. The third kappa shape index (κ3) is 4.35. The molecule has 2 atom stereocenters. The number of sulfonamides is 1. The smallest absolute Gasteiger partial charge is 0.270 e. The lowest BCUT2D eigenvalue weighted by Gasteiger charge is -2.36. The van der Waals surface area contributed by atoms with Gasteiger partial charge in [-0.15, -0.1) is 0 Å². The minimum absolute atomic E-state index is 0.0121. The van der Waals surface area contributed by atoms with E-state index in [1.807, 2.05) is 0 Å². The second-order valence-corrected chi connectivity index (χ2v) is 10.9. The first-order chi connectivity index (χ1) is 15.2. The summed E-state index contributed by atoms with van der Waals surface area (Å²) in [7, 11) is -3.86. The maximum absolute atomic E-state index is 13.7. The Bertz CT molecular complexity index is 1090. The molecule has 0 N–H and O–H groups in total. The quantitative estimate of drug-likeness (QED) is 0.654. The number of ether oxygens (including phenoxy) is 1. The Morgan fingerprint density at radius 1 is 1.12 bits per heavy atom. The number of piperazine rings is 1. The van der Waals surface area contributed by atoms with Crippen molar-refractivity contribution in [3.05, 3.63) is 47.9 Å². The van der Waals surface area contributed by atoms with E-state index in [0.29, 0.717) is 44.4 Å². The summed E-state index contributed by atoms with van der Waals surface area (Å²) in [4.78, 5) is 10.9. The standard InChI is InChI=1S/C22H26F2N4O3S/c1-22(23,24)16-3-2-4-19(9-16)32(29,30)28-8-7-27-14-18(10-17(27)13-28)31-21-12-25-20(11-26-21)15-5-6-15/h2-4,9,11-12,15,17-18H,5-8,10,13-14H2,1H3/t17-,18-/m0/s1. The molecule has 7 nitrogen and oxygen atoms in total. The Kier molecular flexibility index (Phi) is 5.42. The van der Waals surface area contributed by atoms with Crippen LogP contribution in [0.5, 0.6) is 5.88 Å². The number of alkyl halides is 2. The van der Waals surface area contributed by atoms with Gasteiger partial charge in [0.25, 0.3) is 5.92 Å². The molecule has 172 valence electrons. The van der Waals surface area contributed by atoms with Crippen LogP contribution in [0.3, 0.4) is 0 Å². The van der Waals surface area contributed by atoms with E-state index in [2.05, 4.69) is 14.9 Å². The van der Waals surface area contributed by atoms with Crippen LogP contribution in [0.2, 0.25) is 0 Å². The molecule has 1 aromatic carbocycles. The number of nitrogens with zero attached hydrogens (tertiary/aromatic N) is 4. The Balaban J connectivity index is 1.24. The summed E-state index contributed by atoms with van der Waals surface area (Å²) in [5.74, 6) is -2.07. The fourth-order valence-corrected chi connectivity index (χ4v) is 6.01. The molecule has 0 unspecified atom stereocenters. The number of halogens is 2. The van der Waals surface area contributed by atoms with Crippen molar-refractivity contribution in [2.24, 2.45) is 0 Å². The van der Waals surface area contributed by atoms with E-state index in [1.54, 1.807) is 12.4 Å². The number of aromatic nitrogens is 2. The summed E-state index contributed by atoms with van der Waals surface area (Å²) in [6, 6.07) is 5.08. The molecule has 3 heterocycles. The maximum atomic E-state index is 13.7. The predicted octanol–water partition coefficient (Wildman–Crippen LogP) is 2.99. The molecular formula is C22H26F2N4O3S. The van der Waals surface area contributed by atoms with Crippen molar-refractivity contribution in [3.63, 3.8) is 0 Å². The van der Waals surface area contributed by atoms with Crippen LogP contribution in [-0.2, 0) is 15.9 Å². The molecule has 32 heavy (non-hydrogen) atoms. The number of fused-ring (bicyclic) bond motifs is 1. The fourth-order valence-electron chi connectivity index (χ4n) is 4.50. The van der Waals surface area contributed by atoms with Gasteiger partial charge in [-0.05, 0) is 25.0 Å². The first-order valence-electron chi connectivity index (χ1n) is 10.9. The van der Waals surface area contributed by atoms with Gasteiger partial charge in [0.2, 0.25) is 15.9 Å². The topological polar surface area (TPSA) is 75.6 Å². The van der Waals surface area contributed by atoms with Crippen LogP contribution in [0.1, 0.15) is 43.4 Å². The molecule has 2 saturated heterocycles. The molecule has 0 amide bonds. The number of rotatable bonds is 6. The van der Waals surface area contributed by atoms with Crippen LogP contribution in [0.25, 0.3) is 0 Å². The summed E-state index contributed by atoms with van der Waals surface area (Å²) >= 11 is 0. The van der Waals surface area contributed by atoms with E-state index < -0.39 is 15.9 Å². The average molecular weight is 465 g/mol. The highest BCUT2D eigenvalue weighted by Gasteiger charge is 2.41. The fraction of sp³-hybridized carbons (Fsp3) is 0.545. The van der Waals surface area contributed by atoms with E-state index in [-0.39, 0.29) is 22.6 Å². The summed E-state index contributed by atoms with van der Waals surface area (Å²) in [6.45, 7) is 2.65. The van der Waals surface area contributed by atoms with Gasteiger partial charge in [-0.1, -0.05) is 12.1 Å². The minimum Gasteiger partial charge on any atom is -0.472 e. The Morgan fingerprint density at radius 3 is 2.62 bits per heavy atom. The highest BCUT2D eigenvalue weighted by Crippen LogP contribution is 2.38. The highest BCUT2D eigenvalue weighted by molar-refractivity contribution is 7.89. The second kappa shape index (κ2) is 8.00. The van der Waals surface area contributed by atoms with E-state index in [4.69, 9.17) is 4.74 Å². The van der Waals surface area contributed by atoms with Crippen molar-refractivity contribution in [3.8, 4) is 5.88 Å². The number of hydrogen-bond donors (Lipinski definition) is 0. The third-order valence-corrected chi connectivity index (χ3v) is 8.31. The predicted molar refractivity (Wildman–Crippen MR) is 113 cm³/mol. The van der Waals surface area contributed by atoms with Gasteiger partial charge < -0.3 is 4.74 Å². The zero-order valence-corrected chi connectivity index (χ0v) is 18.6. The molecule has 2 aliphatic heterocycles. The molecule has 1 aromatic heterocycles. The summed E-state index contributed by atoms with van der Waals surface area (Å²) in [5, 5.41) is 0. The maximum Gasteiger partial charge on any atom is 0.270 e. The van der Waals surface area contributed by atoms with Gasteiger partial charge in [-0.2, -0.15) is 4.31 Å². The summed E-state index contributed by atoms with van der Waals surface area (Å²) < 4.78 is 61.1. The third-order valence-electron chi connectivity index (χ3n) is 6.45. The average Bonchev–Trinajstić information content (AvgIpc) is 3.53. The largest absolute Gasteiger partial charge is 0.472 e. The molecule has 5 rings (SSSR count). The SMILES string of the molecule is CC(F)(F)c1cccc(S(=O)(=O)N2CCN3C[C@@H](Oc4cnc(C5CC5)cn4)C[C@H]3C2)c1. The minimum atomic E-state index is -3.86. The van der Waals surface area contributed by atoms with Gasteiger partial charge in [0.1, 0.15) is 6.10 Å². The van der Waals surface area contributed by atoms with Gasteiger partial charge in [0, 0.05) is 57.0 Å². The lowest BCUT2D eigenvalue weighted by Crippen LogP contribution is -2.51. The molecule has 3 aliphatic rings. The van der Waals surface area contributed by atoms with Crippen LogP contribution in [-0.4, -0.2) is 65.9 Å². The lowest BCUT2D eigenvalue weighted by molar-refractivity contribution is 0.0172. The van der Waals surface area contributed by atoms with Crippen molar-refractivity contribution >= 4 is 10.0 Å². The Morgan fingerprint density at radius 2 is 1.94 bits per heavy atom. The molecular weight excluding hydrogens is 438 g/mol. The molecule has 0 spiro atoms. The van der Waals surface area contributed by atoms with Crippen LogP contribution in [0, 0.1) is 0 Å². The van der Waals surface area contributed by atoms with E-state index in [9.17, 15) is 17.2 Å². The van der Waals surface area contributed by atoms with Gasteiger partial charge in [0.05, 0.1) is 23.0 Å². The van der Waals surface area contributed by atoms with Gasteiger partial charge >= 0.3 is 0 Å². The van der Waals surface area contributed by atoms with Crippen LogP contribution >= 0.6 is 0 Å². The first kappa shape index (κ1) is 21.7. The normalized spacial score (nSPS) is 25.0. The van der Waals surface area contributed by atoms with Crippen LogP contribution in [0.15, 0.2) is 41.6 Å². The molecule has 10 heteroatoms. The van der Waals surface area contributed by atoms with Gasteiger partial charge in [-0.3, -0.25) is 9.88 Å². The lowest BCUT2D eigenvalue weighted by atomic mass is 10.1. The number of hydrogen-bond acceptors (Lipinski definition) is 6. The molecule has 1 saturated carbocycles. The summed E-state index contributed by atoms with van der Waals surface area (Å²) in [6.07, 6.45) is 6.35. The molecule has 0 bridgehead atoms. The van der Waals surface area contributed by atoms with Crippen molar-refractivity contribution in [1.29, 1.82) is 0 Å². The van der Waals surface area contributed by atoms with Crippen LogP contribution < -0.4 is 4.74 Å². The number of benzene rings is 1. The molecule has 0 radical (unpaired) electrons. The zero-order chi connectivity index (χ0) is 22.5. The Hall–Kier alpha value is -2.17. The zero-order valence-electron chi connectivity index (χ0n) is 17.8. The van der Waals surface area contributed by atoms with E-state index >= 15 is 0 Å². The first-order valence-corrected chi connectivity index (χ1v) is 12.4. The van der Waals surface area contributed by atoms with Crippen molar-refractivity contribution in [2.45, 2.75) is 55.1 Å². The highest BCUT2D eigenvalue weighted by atomic mass is 32.2.